The molecule has 2 aliphatic rings. The number of carboxylic acid groups (broad SMARTS) is 1. The number of hydrogen-bond acceptors (Lipinski definition) is 2. The van der Waals surface area contributed by atoms with E-state index >= 15 is 0 Å². The van der Waals surface area contributed by atoms with Gasteiger partial charge in [0.1, 0.15) is 0 Å². The fourth-order valence-corrected chi connectivity index (χ4v) is 3.82. The van der Waals surface area contributed by atoms with Crippen molar-refractivity contribution in [1.29, 1.82) is 0 Å². The van der Waals surface area contributed by atoms with Gasteiger partial charge in [0.25, 0.3) is 0 Å². The lowest BCUT2D eigenvalue weighted by molar-refractivity contribution is -0.149. The zero-order valence-corrected chi connectivity index (χ0v) is 13.1. The highest BCUT2D eigenvalue weighted by Crippen LogP contribution is 2.48. The minimum absolute atomic E-state index is 0.0931. The van der Waals surface area contributed by atoms with Crippen LogP contribution in [0.4, 0.5) is 10.5 Å². The first-order chi connectivity index (χ1) is 10.4. The average molecular weight is 302 g/mol. The monoisotopic (exact) mass is 302 g/mol. The number of hydrogen-bond donors (Lipinski definition) is 2. The highest BCUT2D eigenvalue weighted by Gasteiger charge is 2.55. The number of nitrogens with one attached hydrogen (secondary N) is 1. The van der Waals surface area contributed by atoms with Crippen molar-refractivity contribution >= 4 is 17.7 Å². The largest absolute Gasteiger partial charge is 0.481 e. The molecule has 2 fully saturated rings. The van der Waals surface area contributed by atoms with Gasteiger partial charge < -0.3 is 15.3 Å². The average Bonchev–Trinajstić information content (AvgIpc) is 3.00. The van der Waals surface area contributed by atoms with Crippen molar-refractivity contribution in [1.82, 2.24) is 4.90 Å². The standard InChI is InChI=1S/C17H22N2O3/c1-11-5-6-14(8-12(11)2)18-16(22)19-9-13-4-3-7-17(13,10-19)15(20)21/h5-6,8,13H,3-4,7,9-10H2,1-2H3,(H,18,22)(H,20,21)/t13-,17+/m0/s1. The van der Waals surface area contributed by atoms with Gasteiger partial charge in [-0.05, 0) is 55.9 Å². The molecule has 1 saturated carbocycles. The van der Waals surface area contributed by atoms with Gasteiger partial charge in [-0.15, -0.1) is 0 Å². The van der Waals surface area contributed by atoms with Gasteiger partial charge in [-0.25, -0.2) is 4.79 Å². The van der Waals surface area contributed by atoms with Crippen LogP contribution in [0.2, 0.25) is 0 Å². The van der Waals surface area contributed by atoms with Crippen LogP contribution in [0.1, 0.15) is 30.4 Å². The molecule has 0 spiro atoms. The van der Waals surface area contributed by atoms with Gasteiger partial charge in [-0.3, -0.25) is 4.79 Å². The Balaban J connectivity index is 1.71. The van der Waals surface area contributed by atoms with E-state index in [9.17, 15) is 14.7 Å². The smallest absolute Gasteiger partial charge is 0.321 e. The van der Waals surface area contributed by atoms with Gasteiger partial charge in [0, 0.05) is 18.8 Å². The highest BCUT2D eigenvalue weighted by atomic mass is 16.4. The lowest BCUT2D eigenvalue weighted by atomic mass is 9.81. The van der Waals surface area contributed by atoms with Crippen LogP contribution in [0, 0.1) is 25.2 Å². The van der Waals surface area contributed by atoms with Gasteiger partial charge in [-0.2, -0.15) is 0 Å². The van der Waals surface area contributed by atoms with E-state index in [0.29, 0.717) is 19.5 Å². The first-order valence-electron chi connectivity index (χ1n) is 7.79. The quantitative estimate of drug-likeness (QED) is 0.882. The van der Waals surface area contributed by atoms with Crippen molar-refractivity contribution < 1.29 is 14.7 Å². The van der Waals surface area contributed by atoms with Crippen molar-refractivity contribution in [3.05, 3.63) is 29.3 Å². The Morgan fingerprint density at radius 2 is 2.09 bits per heavy atom. The number of carbonyl (C=O) groups excluding carboxylic acids is 1. The molecule has 0 radical (unpaired) electrons. The molecular formula is C17H22N2O3. The predicted octanol–water partition coefficient (Wildman–Crippen LogP) is 3.02. The molecule has 0 aromatic heterocycles. The van der Waals surface area contributed by atoms with Crippen LogP contribution in [-0.4, -0.2) is 35.1 Å². The summed E-state index contributed by atoms with van der Waals surface area (Å²) in [6, 6.07) is 5.60. The third kappa shape index (κ3) is 2.34. The molecule has 0 unspecified atom stereocenters. The summed E-state index contributed by atoms with van der Waals surface area (Å²) in [5, 5.41) is 12.5. The van der Waals surface area contributed by atoms with Crippen molar-refractivity contribution in [3.8, 4) is 0 Å². The van der Waals surface area contributed by atoms with Crippen molar-refractivity contribution in [3.63, 3.8) is 0 Å². The zero-order valence-electron chi connectivity index (χ0n) is 13.1. The van der Waals surface area contributed by atoms with Crippen LogP contribution in [-0.2, 0) is 4.79 Å². The Bertz CT molecular complexity index is 628. The predicted molar refractivity (Wildman–Crippen MR) is 83.9 cm³/mol. The number of benzene rings is 1. The Hall–Kier alpha value is -2.04. The Labute approximate surface area is 130 Å². The van der Waals surface area contributed by atoms with Crippen LogP contribution in [0.5, 0.6) is 0 Å². The van der Waals surface area contributed by atoms with E-state index in [2.05, 4.69) is 5.32 Å². The summed E-state index contributed by atoms with van der Waals surface area (Å²) in [5.74, 6) is -0.660. The molecule has 3 rings (SSSR count). The Kier molecular flexibility index (Phi) is 3.59. The minimum Gasteiger partial charge on any atom is -0.481 e. The van der Waals surface area contributed by atoms with Crippen molar-refractivity contribution in [2.75, 3.05) is 18.4 Å². The molecule has 5 nitrogen and oxygen atoms in total. The highest BCUT2D eigenvalue weighted by molar-refractivity contribution is 5.90. The minimum atomic E-state index is -0.753. The number of aryl methyl sites for hydroxylation is 2. The third-order valence-electron chi connectivity index (χ3n) is 5.34. The number of carboxylic acids is 1. The molecule has 22 heavy (non-hydrogen) atoms. The molecule has 118 valence electrons. The Morgan fingerprint density at radius 1 is 1.32 bits per heavy atom. The van der Waals surface area contributed by atoms with E-state index in [0.717, 1.165) is 24.1 Å². The maximum absolute atomic E-state index is 12.4. The van der Waals surface area contributed by atoms with Crippen molar-refractivity contribution in [2.45, 2.75) is 33.1 Å². The van der Waals surface area contributed by atoms with E-state index in [1.807, 2.05) is 32.0 Å². The first kappa shape index (κ1) is 14.9. The summed E-state index contributed by atoms with van der Waals surface area (Å²) in [6.45, 7) is 4.90. The second-order valence-corrected chi connectivity index (χ2v) is 6.66. The number of nitrogens with zero attached hydrogens (tertiary/aromatic N) is 1. The Morgan fingerprint density at radius 3 is 2.73 bits per heavy atom. The van der Waals surface area contributed by atoms with Crippen LogP contribution < -0.4 is 5.32 Å². The topological polar surface area (TPSA) is 69.6 Å². The lowest BCUT2D eigenvalue weighted by Gasteiger charge is -2.23. The molecule has 1 aliphatic carbocycles. The number of likely N-dealkylation sites (tertiary alicyclic amines) is 1. The van der Waals surface area contributed by atoms with Gasteiger partial charge in [0.2, 0.25) is 0 Å². The van der Waals surface area contributed by atoms with E-state index in [4.69, 9.17) is 0 Å². The first-order valence-corrected chi connectivity index (χ1v) is 7.79. The van der Waals surface area contributed by atoms with Gasteiger partial charge in [-0.1, -0.05) is 12.5 Å². The number of carbonyl (C=O) groups is 2. The molecule has 2 N–H and O–H groups in total. The third-order valence-corrected chi connectivity index (χ3v) is 5.34. The van der Waals surface area contributed by atoms with Crippen LogP contribution in [0.3, 0.4) is 0 Å². The second kappa shape index (κ2) is 5.30. The molecule has 1 aromatic rings. The van der Waals surface area contributed by atoms with Crippen LogP contribution in [0.25, 0.3) is 0 Å². The maximum Gasteiger partial charge on any atom is 0.321 e. The number of urea groups is 1. The summed E-state index contributed by atoms with van der Waals surface area (Å²) < 4.78 is 0. The van der Waals surface area contributed by atoms with E-state index in [-0.39, 0.29) is 11.9 Å². The number of anilines is 1. The van der Waals surface area contributed by atoms with E-state index in [1.165, 1.54) is 5.56 Å². The molecule has 2 amide bonds. The molecule has 2 atom stereocenters. The fourth-order valence-electron chi connectivity index (χ4n) is 3.82. The molecule has 5 heteroatoms. The molecule has 0 bridgehead atoms. The lowest BCUT2D eigenvalue weighted by Crippen LogP contribution is -2.38. The van der Waals surface area contributed by atoms with Gasteiger partial charge in [0.05, 0.1) is 5.41 Å². The SMILES string of the molecule is Cc1ccc(NC(=O)N2C[C@@H]3CCC[C@@]3(C(=O)O)C2)cc1C. The van der Waals surface area contributed by atoms with Gasteiger partial charge >= 0.3 is 12.0 Å². The number of aliphatic carboxylic acids is 1. The van der Waals surface area contributed by atoms with E-state index < -0.39 is 11.4 Å². The van der Waals surface area contributed by atoms with Crippen molar-refractivity contribution in [2.24, 2.45) is 11.3 Å². The van der Waals surface area contributed by atoms with E-state index in [1.54, 1.807) is 4.90 Å². The number of rotatable bonds is 2. The zero-order chi connectivity index (χ0) is 15.9. The molecule has 1 heterocycles. The number of amides is 2. The molecule has 1 saturated heterocycles. The summed E-state index contributed by atoms with van der Waals surface area (Å²) in [7, 11) is 0. The van der Waals surface area contributed by atoms with Crippen LogP contribution >= 0.6 is 0 Å². The second-order valence-electron chi connectivity index (χ2n) is 6.66. The fraction of sp³-hybridized carbons (Fsp3) is 0.529. The summed E-state index contributed by atoms with van der Waals surface area (Å²) >= 11 is 0. The van der Waals surface area contributed by atoms with Gasteiger partial charge in [0.15, 0.2) is 0 Å². The summed E-state index contributed by atoms with van der Waals surface area (Å²) in [4.78, 5) is 25.7. The number of fused-ring (bicyclic) bond motifs is 1. The summed E-state index contributed by atoms with van der Waals surface area (Å²) in [6.07, 6.45) is 2.53. The normalized spacial score (nSPS) is 26.8. The molecule has 1 aliphatic heterocycles. The summed E-state index contributed by atoms with van der Waals surface area (Å²) in [5.41, 5.74) is 2.34. The maximum atomic E-state index is 12.4. The molecule has 1 aromatic carbocycles. The molecular weight excluding hydrogens is 280 g/mol. The van der Waals surface area contributed by atoms with Crippen LogP contribution in [0.15, 0.2) is 18.2 Å².